The molecule has 8 nitrogen and oxygen atoms in total. The molecule has 1 aliphatic heterocycles. The number of halogens is 3. The molecular formula is C21H20F3N5O3. The summed E-state index contributed by atoms with van der Waals surface area (Å²) >= 11 is 0. The van der Waals surface area contributed by atoms with Crippen molar-refractivity contribution in [1.82, 2.24) is 25.0 Å². The molecule has 0 aliphatic carbocycles. The number of rotatable bonds is 3. The lowest BCUT2D eigenvalue weighted by molar-refractivity contribution is -0.137. The average Bonchev–Trinajstić information content (AvgIpc) is 3.22. The normalized spacial score (nSPS) is 15.2. The largest absolute Gasteiger partial charge is 0.465 e. The Morgan fingerprint density at radius 1 is 1.16 bits per heavy atom. The molecule has 2 aromatic heterocycles. The summed E-state index contributed by atoms with van der Waals surface area (Å²) in [6.07, 6.45) is -4.29. The number of amides is 1. The van der Waals surface area contributed by atoms with Gasteiger partial charge in [0.25, 0.3) is 5.89 Å². The van der Waals surface area contributed by atoms with Crippen molar-refractivity contribution in [2.75, 3.05) is 13.1 Å². The third-order valence-corrected chi connectivity index (χ3v) is 5.47. The lowest BCUT2D eigenvalue weighted by atomic mass is 9.90. The summed E-state index contributed by atoms with van der Waals surface area (Å²) in [7, 11) is 0. The smallest absolute Gasteiger partial charge is 0.416 e. The van der Waals surface area contributed by atoms with Gasteiger partial charge in [-0.05, 0) is 38.8 Å². The van der Waals surface area contributed by atoms with E-state index in [1.54, 1.807) is 13.8 Å². The number of alkyl halides is 3. The van der Waals surface area contributed by atoms with Crippen molar-refractivity contribution >= 4 is 6.09 Å². The predicted molar refractivity (Wildman–Crippen MR) is 107 cm³/mol. The Bertz CT molecular complexity index is 1150. The third-order valence-electron chi connectivity index (χ3n) is 5.47. The molecule has 168 valence electrons. The standard InChI is InChI=1S/C21H20F3N5O3/c1-11-16(17(26-12(2)25-11)13-6-8-29(9-7-13)20(30)31)19-27-18(28-32-19)14-4-3-5-15(10-14)21(22,23)24/h3-5,10,13H,6-9H2,1-2H3,(H,30,31). The van der Waals surface area contributed by atoms with Gasteiger partial charge >= 0.3 is 12.3 Å². The summed E-state index contributed by atoms with van der Waals surface area (Å²) in [4.78, 5) is 25.9. The van der Waals surface area contributed by atoms with Crippen molar-refractivity contribution in [2.45, 2.75) is 38.8 Å². The minimum atomic E-state index is -4.48. The Morgan fingerprint density at radius 3 is 2.53 bits per heavy atom. The maximum atomic E-state index is 13.1. The molecule has 1 saturated heterocycles. The van der Waals surface area contributed by atoms with Crippen LogP contribution in [0.5, 0.6) is 0 Å². The summed E-state index contributed by atoms with van der Waals surface area (Å²) in [6.45, 7) is 4.28. The van der Waals surface area contributed by atoms with Gasteiger partial charge in [-0.25, -0.2) is 14.8 Å². The zero-order chi connectivity index (χ0) is 23.0. The molecule has 1 aliphatic rings. The van der Waals surface area contributed by atoms with E-state index in [4.69, 9.17) is 4.52 Å². The second-order valence-corrected chi connectivity index (χ2v) is 7.66. The maximum absolute atomic E-state index is 13.1. The number of aromatic nitrogens is 4. The molecule has 0 atom stereocenters. The van der Waals surface area contributed by atoms with Crippen LogP contribution in [0.3, 0.4) is 0 Å². The van der Waals surface area contributed by atoms with Crippen molar-refractivity contribution in [3.8, 4) is 22.8 Å². The van der Waals surface area contributed by atoms with Crippen LogP contribution < -0.4 is 0 Å². The quantitative estimate of drug-likeness (QED) is 0.621. The van der Waals surface area contributed by atoms with Gasteiger partial charge in [0.2, 0.25) is 5.82 Å². The van der Waals surface area contributed by atoms with Crippen LogP contribution in [0.2, 0.25) is 0 Å². The van der Waals surface area contributed by atoms with Gasteiger partial charge in [0.1, 0.15) is 5.82 Å². The third kappa shape index (κ3) is 4.27. The number of hydrogen-bond acceptors (Lipinski definition) is 6. The van der Waals surface area contributed by atoms with Crippen molar-refractivity contribution in [2.24, 2.45) is 0 Å². The van der Waals surface area contributed by atoms with Crippen molar-refractivity contribution in [3.05, 3.63) is 47.0 Å². The molecule has 3 aromatic rings. The Balaban J connectivity index is 1.70. The number of carboxylic acid groups (broad SMARTS) is 1. The lowest BCUT2D eigenvalue weighted by Gasteiger charge is -2.30. The minimum absolute atomic E-state index is 0.0257. The van der Waals surface area contributed by atoms with E-state index in [2.05, 4.69) is 20.1 Å². The summed E-state index contributed by atoms with van der Waals surface area (Å²) < 4.78 is 44.6. The number of hydrogen-bond donors (Lipinski definition) is 1. The Kier molecular flexibility index (Phi) is 5.57. The molecule has 32 heavy (non-hydrogen) atoms. The van der Waals surface area contributed by atoms with Gasteiger partial charge in [0, 0.05) is 24.6 Å². The van der Waals surface area contributed by atoms with E-state index in [1.807, 2.05) is 0 Å². The van der Waals surface area contributed by atoms with Gasteiger partial charge in [-0.15, -0.1) is 0 Å². The maximum Gasteiger partial charge on any atom is 0.416 e. The van der Waals surface area contributed by atoms with Crippen LogP contribution in [-0.4, -0.2) is 49.3 Å². The highest BCUT2D eigenvalue weighted by molar-refractivity contribution is 5.66. The molecule has 0 unspecified atom stereocenters. The van der Waals surface area contributed by atoms with Crippen molar-refractivity contribution < 1.29 is 27.6 Å². The van der Waals surface area contributed by atoms with E-state index >= 15 is 0 Å². The SMILES string of the molecule is Cc1nc(C)c(-c2nc(-c3cccc(C(F)(F)F)c3)no2)c(C2CCN(C(=O)O)CC2)n1. The van der Waals surface area contributed by atoms with Gasteiger partial charge in [-0.3, -0.25) is 0 Å². The van der Waals surface area contributed by atoms with E-state index < -0.39 is 17.8 Å². The lowest BCUT2D eigenvalue weighted by Crippen LogP contribution is -2.37. The first-order valence-corrected chi connectivity index (χ1v) is 9.98. The van der Waals surface area contributed by atoms with E-state index in [-0.39, 0.29) is 23.2 Å². The number of piperidine rings is 1. The summed E-state index contributed by atoms with van der Waals surface area (Å²) in [5.74, 6) is 0.660. The van der Waals surface area contributed by atoms with E-state index in [9.17, 15) is 23.1 Å². The molecular weight excluding hydrogens is 427 g/mol. The summed E-state index contributed by atoms with van der Waals surface area (Å²) in [6, 6.07) is 4.71. The van der Waals surface area contributed by atoms with E-state index in [0.29, 0.717) is 48.7 Å². The summed E-state index contributed by atoms with van der Waals surface area (Å²) in [5.41, 5.74) is 1.20. The zero-order valence-electron chi connectivity index (χ0n) is 17.3. The molecule has 3 heterocycles. The second-order valence-electron chi connectivity index (χ2n) is 7.66. The fraction of sp³-hybridized carbons (Fsp3) is 0.381. The van der Waals surface area contributed by atoms with E-state index in [1.165, 1.54) is 17.0 Å². The van der Waals surface area contributed by atoms with Gasteiger partial charge in [-0.2, -0.15) is 18.2 Å². The second kappa shape index (κ2) is 8.21. The highest BCUT2D eigenvalue weighted by Crippen LogP contribution is 2.36. The monoisotopic (exact) mass is 447 g/mol. The van der Waals surface area contributed by atoms with Gasteiger partial charge in [0.15, 0.2) is 0 Å². The Morgan fingerprint density at radius 2 is 1.88 bits per heavy atom. The Labute approximate surface area is 181 Å². The number of benzene rings is 1. The molecule has 1 N–H and O–H groups in total. The Hall–Kier alpha value is -3.50. The molecule has 0 spiro atoms. The summed E-state index contributed by atoms with van der Waals surface area (Å²) in [5, 5.41) is 13.1. The zero-order valence-corrected chi connectivity index (χ0v) is 17.3. The number of carbonyl (C=O) groups is 1. The van der Waals surface area contributed by atoms with Crippen LogP contribution in [0.1, 0.15) is 41.5 Å². The number of aryl methyl sites for hydroxylation is 2. The topological polar surface area (TPSA) is 105 Å². The molecule has 0 saturated carbocycles. The predicted octanol–water partition coefficient (Wildman–Crippen LogP) is 4.69. The van der Waals surface area contributed by atoms with Crippen LogP contribution in [-0.2, 0) is 6.18 Å². The van der Waals surface area contributed by atoms with Crippen LogP contribution in [0, 0.1) is 13.8 Å². The fourth-order valence-electron chi connectivity index (χ4n) is 3.92. The number of likely N-dealkylation sites (tertiary alicyclic amines) is 1. The first-order chi connectivity index (χ1) is 15.1. The molecule has 1 amide bonds. The van der Waals surface area contributed by atoms with Gasteiger partial charge < -0.3 is 14.5 Å². The van der Waals surface area contributed by atoms with Crippen molar-refractivity contribution in [1.29, 1.82) is 0 Å². The highest BCUT2D eigenvalue weighted by Gasteiger charge is 2.32. The first-order valence-electron chi connectivity index (χ1n) is 9.98. The average molecular weight is 447 g/mol. The van der Waals surface area contributed by atoms with Crippen LogP contribution in [0.4, 0.5) is 18.0 Å². The fourth-order valence-corrected chi connectivity index (χ4v) is 3.92. The highest BCUT2D eigenvalue weighted by atomic mass is 19.4. The van der Waals surface area contributed by atoms with Crippen LogP contribution in [0.15, 0.2) is 28.8 Å². The van der Waals surface area contributed by atoms with Crippen LogP contribution >= 0.6 is 0 Å². The van der Waals surface area contributed by atoms with Crippen LogP contribution in [0.25, 0.3) is 22.8 Å². The van der Waals surface area contributed by atoms with Gasteiger partial charge in [0.05, 0.1) is 22.5 Å². The van der Waals surface area contributed by atoms with E-state index in [0.717, 1.165) is 12.1 Å². The van der Waals surface area contributed by atoms with Crippen molar-refractivity contribution in [3.63, 3.8) is 0 Å². The molecule has 0 radical (unpaired) electrons. The minimum Gasteiger partial charge on any atom is -0.465 e. The first kappa shape index (κ1) is 21.7. The molecule has 1 fully saturated rings. The molecule has 0 bridgehead atoms. The number of nitrogens with zero attached hydrogens (tertiary/aromatic N) is 5. The molecule has 11 heteroatoms. The molecule has 4 rings (SSSR count). The molecule has 1 aromatic carbocycles. The van der Waals surface area contributed by atoms with Gasteiger partial charge in [-0.1, -0.05) is 17.3 Å².